The Morgan fingerprint density at radius 1 is 1.09 bits per heavy atom. The Labute approximate surface area is 206 Å². The fraction of sp³-hybridized carbons (Fsp3) is 0.192. The molecule has 2 aromatic carbocycles. The Bertz CT molecular complexity index is 1410. The van der Waals surface area contributed by atoms with E-state index in [-0.39, 0.29) is 11.8 Å². The molecule has 0 bridgehead atoms. The first-order chi connectivity index (χ1) is 16.4. The minimum atomic E-state index is -0.278. The monoisotopic (exact) mass is 490 g/mol. The third-order valence-corrected chi connectivity index (χ3v) is 7.47. The molecule has 8 heteroatoms. The third-order valence-electron chi connectivity index (χ3n) is 6.21. The van der Waals surface area contributed by atoms with Crippen molar-refractivity contribution in [1.29, 1.82) is 0 Å². The zero-order valence-corrected chi connectivity index (χ0v) is 20.4. The van der Waals surface area contributed by atoms with Gasteiger partial charge in [-0.05, 0) is 73.2 Å². The lowest BCUT2D eigenvalue weighted by atomic mass is 10.0. The molecule has 6 nitrogen and oxygen atoms in total. The Morgan fingerprint density at radius 3 is 2.74 bits per heavy atom. The quantitative estimate of drug-likeness (QED) is 0.401. The first kappa shape index (κ1) is 22.4. The number of hydrogen-bond acceptors (Lipinski definition) is 4. The van der Waals surface area contributed by atoms with Crippen LogP contribution in [0.2, 0.25) is 5.02 Å². The summed E-state index contributed by atoms with van der Waals surface area (Å²) < 4.78 is 1.68. The average Bonchev–Trinajstić information content (AvgIpc) is 3.46. The van der Waals surface area contributed by atoms with E-state index in [0.29, 0.717) is 40.6 Å². The number of carbonyl (C=O) groups excluding carboxylic acids is 2. The summed E-state index contributed by atoms with van der Waals surface area (Å²) >= 11 is 7.85. The van der Waals surface area contributed by atoms with Crippen LogP contribution in [0.25, 0.3) is 5.69 Å². The normalized spacial score (nSPS) is 13.0. The number of benzene rings is 2. The molecule has 1 aliphatic heterocycles. The van der Waals surface area contributed by atoms with Crippen molar-refractivity contribution in [3.8, 4) is 5.69 Å². The Morgan fingerprint density at radius 2 is 1.91 bits per heavy atom. The number of anilines is 1. The molecule has 2 aromatic heterocycles. The van der Waals surface area contributed by atoms with Crippen molar-refractivity contribution in [3.63, 3.8) is 0 Å². The van der Waals surface area contributed by atoms with Gasteiger partial charge in [0.1, 0.15) is 0 Å². The van der Waals surface area contributed by atoms with Gasteiger partial charge in [-0.3, -0.25) is 9.59 Å². The molecule has 0 saturated heterocycles. The molecule has 4 aromatic rings. The fourth-order valence-corrected chi connectivity index (χ4v) is 5.36. The molecule has 0 radical (unpaired) electrons. The first-order valence-electron chi connectivity index (χ1n) is 11.0. The van der Waals surface area contributed by atoms with Gasteiger partial charge in [-0.1, -0.05) is 23.7 Å². The lowest BCUT2D eigenvalue weighted by Crippen LogP contribution is -2.35. The number of carbonyl (C=O) groups is 2. The molecule has 1 aliphatic rings. The molecule has 0 atom stereocenters. The number of rotatable bonds is 4. The molecule has 34 heavy (non-hydrogen) atoms. The summed E-state index contributed by atoms with van der Waals surface area (Å²) in [6, 6.07) is 14.8. The predicted octanol–water partition coefficient (Wildman–Crippen LogP) is 5.65. The van der Waals surface area contributed by atoms with Gasteiger partial charge in [-0.25, -0.2) is 4.68 Å². The summed E-state index contributed by atoms with van der Waals surface area (Å²) in [4.78, 5) is 29.6. The summed E-state index contributed by atoms with van der Waals surface area (Å²) in [6.07, 6.45) is 2.42. The molecule has 2 amide bonds. The van der Waals surface area contributed by atoms with Crippen molar-refractivity contribution in [2.75, 3.05) is 11.9 Å². The number of hydrogen-bond donors (Lipinski definition) is 1. The van der Waals surface area contributed by atoms with Crippen molar-refractivity contribution in [1.82, 2.24) is 14.7 Å². The summed E-state index contributed by atoms with van der Waals surface area (Å²) in [5.74, 6) is -0.297. The van der Waals surface area contributed by atoms with Crippen molar-refractivity contribution >= 4 is 40.4 Å². The number of halogens is 1. The Balaban J connectivity index is 1.36. The van der Waals surface area contributed by atoms with Crippen molar-refractivity contribution in [3.05, 3.63) is 98.0 Å². The first-order valence-corrected chi connectivity index (χ1v) is 12.2. The number of nitrogens with one attached hydrogen (secondary N) is 1. The lowest BCUT2D eigenvalue weighted by molar-refractivity contribution is 0.0735. The van der Waals surface area contributed by atoms with E-state index in [1.807, 2.05) is 43.0 Å². The minimum absolute atomic E-state index is 0.0181. The molecule has 172 valence electrons. The Kier molecular flexibility index (Phi) is 5.98. The predicted molar refractivity (Wildman–Crippen MR) is 135 cm³/mol. The van der Waals surface area contributed by atoms with Gasteiger partial charge in [0.2, 0.25) is 0 Å². The van der Waals surface area contributed by atoms with E-state index in [0.717, 1.165) is 17.7 Å². The highest BCUT2D eigenvalue weighted by Crippen LogP contribution is 2.27. The standard InChI is InChI=1S/C26H23ClN4O2S/c1-16-21(26(33)30-11-9-24-18(15-30)10-12-34-24)7-4-8-23(16)29-25(32)22-14-28-31(17(22)2)20-6-3-5-19(27)13-20/h3-8,10,12-14H,9,11,15H2,1-2H3,(H,29,32). The maximum absolute atomic E-state index is 13.3. The van der Waals surface area contributed by atoms with Crippen LogP contribution in [0.4, 0.5) is 5.69 Å². The van der Waals surface area contributed by atoms with Crippen LogP contribution in [0.15, 0.2) is 60.1 Å². The number of nitrogens with zero attached hydrogens (tertiary/aromatic N) is 3. The molecular formula is C26H23ClN4O2S. The van der Waals surface area contributed by atoms with Gasteiger partial charge in [-0.15, -0.1) is 11.3 Å². The summed E-state index contributed by atoms with van der Waals surface area (Å²) in [7, 11) is 0. The topological polar surface area (TPSA) is 67.2 Å². The highest BCUT2D eigenvalue weighted by Gasteiger charge is 2.25. The van der Waals surface area contributed by atoms with Gasteiger partial charge >= 0.3 is 0 Å². The zero-order chi connectivity index (χ0) is 23.8. The van der Waals surface area contributed by atoms with Gasteiger partial charge in [0.05, 0.1) is 23.1 Å². The number of aromatic nitrogens is 2. The van der Waals surface area contributed by atoms with Gasteiger partial charge in [0, 0.05) is 34.2 Å². The SMILES string of the molecule is Cc1c(NC(=O)c2cnn(-c3cccc(Cl)c3)c2C)cccc1C(=O)N1CCc2sccc2C1. The zero-order valence-electron chi connectivity index (χ0n) is 18.8. The second-order valence-corrected chi connectivity index (χ2v) is 9.75. The van der Waals surface area contributed by atoms with Gasteiger partial charge in [0.15, 0.2) is 0 Å². The van der Waals surface area contributed by atoms with Crippen LogP contribution in [0, 0.1) is 13.8 Å². The van der Waals surface area contributed by atoms with Gasteiger partial charge in [0.25, 0.3) is 11.8 Å². The van der Waals surface area contributed by atoms with Crippen LogP contribution < -0.4 is 5.32 Å². The molecule has 0 fully saturated rings. The fourth-order valence-electron chi connectivity index (χ4n) is 4.29. The van der Waals surface area contributed by atoms with Gasteiger partial charge < -0.3 is 10.2 Å². The molecule has 0 spiro atoms. The number of fused-ring (bicyclic) bond motifs is 1. The van der Waals surface area contributed by atoms with Crippen LogP contribution in [0.3, 0.4) is 0 Å². The van der Waals surface area contributed by atoms with E-state index in [2.05, 4.69) is 21.9 Å². The number of thiophene rings is 1. The summed E-state index contributed by atoms with van der Waals surface area (Å²) in [5.41, 5.74) is 5.11. The van der Waals surface area contributed by atoms with E-state index < -0.39 is 0 Å². The third kappa shape index (κ3) is 4.13. The van der Waals surface area contributed by atoms with E-state index in [9.17, 15) is 9.59 Å². The maximum Gasteiger partial charge on any atom is 0.259 e. The van der Waals surface area contributed by atoms with E-state index >= 15 is 0 Å². The second-order valence-electron chi connectivity index (χ2n) is 8.31. The number of amides is 2. The van der Waals surface area contributed by atoms with Crippen LogP contribution in [-0.4, -0.2) is 33.0 Å². The van der Waals surface area contributed by atoms with Crippen molar-refractivity contribution in [2.24, 2.45) is 0 Å². The minimum Gasteiger partial charge on any atom is -0.334 e. The molecule has 0 unspecified atom stereocenters. The largest absolute Gasteiger partial charge is 0.334 e. The molecule has 1 N–H and O–H groups in total. The van der Waals surface area contributed by atoms with E-state index in [4.69, 9.17) is 11.6 Å². The van der Waals surface area contributed by atoms with Gasteiger partial charge in [-0.2, -0.15) is 5.10 Å². The smallest absolute Gasteiger partial charge is 0.259 e. The molecule has 3 heterocycles. The molecular weight excluding hydrogens is 468 g/mol. The molecule has 0 aliphatic carbocycles. The lowest BCUT2D eigenvalue weighted by Gasteiger charge is -2.28. The van der Waals surface area contributed by atoms with Crippen molar-refractivity contribution in [2.45, 2.75) is 26.8 Å². The maximum atomic E-state index is 13.3. The average molecular weight is 491 g/mol. The molecule has 5 rings (SSSR count). The van der Waals surface area contributed by atoms with E-state index in [1.165, 1.54) is 10.4 Å². The van der Waals surface area contributed by atoms with Crippen LogP contribution in [0.1, 0.15) is 42.4 Å². The highest BCUT2D eigenvalue weighted by molar-refractivity contribution is 7.10. The molecule has 0 saturated carbocycles. The second kappa shape index (κ2) is 9.08. The van der Waals surface area contributed by atoms with Crippen LogP contribution in [0.5, 0.6) is 0 Å². The summed E-state index contributed by atoms with van der Waals surface area (Å²) in [5, 5.41) is 10.0. The van der Waals surface area contributed by atoms with E-state index in [1.54, 1.807) is 40.4 Å². The highest BCUT2D eigenvalue weighted by atomic mass is 35.5. The Hall–Kier alpha value is -3.42. The van der Waals surface area contributed by atoms with Crippen molar-refractivity contribution < 1.29 is 9.59 Å². The summed E-state index contributed by atoms with van der Waals surface area (Å²) in [6.45, 7) is 5.02. The van der Waals surface area contributed by atoms with Crippen LogP contribution in [-0.2, 0) is 13.0 Å². The van der Waals surface area contributed by atoms with Crippen LogP contribution >= 0.6 is 22.9 Å².